The van der Waals surface area contributed by atoms with Gasteiger partial charge in [-0.05, 0) is 38.5 Å². The van der Waals surface area contributed by atoms with Crippen LogP contribution in [-0.4, -0.2) is 52.9 Å². The fraction of sp³-hybridized carbons (Fsp3) is 0.571. The molecule has 2 atom stereocenters. The Labute approximate surface area is 158 Å². The number of carbonyl (C=O) groups is 1. The summed E-state index contributed by atoms with van der Waals surface area (Å²) >= 11 is 0. The Kier molecular flexibility index (Phi) is 6.63. The first-order valence-corrected chi connectivity index (χ1v) is 8.37. The molecule has 0 aliphatic carbocycles. The van der Waals surface area contributed by atoms with Gasteiger partial charge in [-0.3, -0.25) is 4.98 Å². The number of pyridine rings is 1. The van der Waals surface area contributed by atoms with Gasteiger partial charge in [0.2, 0.25) is 0 Å². The summed E-state index contributed by atoms with van der Waals surface area (Å²) in [6.45, 7) is 5.15. The zero-order chi connectivity index (χ0) is 16.5. The minimum Gasteiger partial charge on any atom is -0.748 e. The van der Waals surface area contributed by atoms with Gasteiger partial charge >= 0.3 is 35.7 Å². The number of ether oxygens (including phenoxy) is 1. The molecule has 1 aromatic heterocycles. The smallest absolute Gasteiger partial charge is 0.748 e. The van der Waals surface area contributed by atoms with E-state index in [1.807, 2.05) is 0 Å². The van der Waals surface area contributed by atoms with Crippen LogP contribution >= 0.6 is 0 Å². The van der Waals surface area contributed by atoms with Crippen LogP contribution < -0.4 is 29.6 Å². The number of rotatable bonds is 2. The summed E-state index contributed by atoms with van der Waals surface area (Å²) in [6, 6.07) is 3.31. The van der Waals surface area contributed by atoms with Gasteiger partial charge in [0.25, 0.3) is 0 Å². The average Bonchev–Trinajstić information content (AvgIpc) is 2.82. The van der Waals surface area contributed by atoms with Crippen LogP contribution in [0.3, 0.4) is 0 Å². The molecule has 1 aromatic rings. The molecular formula is C14H19N2NaO5S. The molecule has 122 valence electrons. The molecule has 9 heteroatoms. The van der Waals surface area contributed by atoms with Gasteiger partial charge in [0.15, 0.2) is 0 Å². The Morgan fingerprint density at radius 3 is 2.35 bits per heavy atom. The molecule has 1 aliphatic heterocycles. The SMILES string of the molecule is CC(C)(C)OC(=O)N1CC(c2ccncc2)C(S(=O)(=O)[O-])C1.[Na+]. The molecule has 1 fully saturated rings. The number of hydrogen-bond acceptors (Lipinski definition) is 6. The summed E-state index contributed by atoms with van der Waals surface area (Å²) in [5.41, 5.74) is -0.0111. The van der Waals surface area contributed by atoms with E-state index in [1.165, 1.54) is 17.3 Å². The van der Waals surface area contributed by atoms with Gasteiger partial charge in [-0.25, -0.2) is 13.2 Å². The van der Waals surface area contributed by atoms with Crippen LogP contribution in [0.2, 0.25) is 0 Å². The first kappa shape index (κ1) is 20.4. The maximum Gasteiger partial charge on any atom is 1.00 e. The van der Waals surface area contributed by atoms with E-state index < -0.39 is 33.0 Å². The molecule has 23 heavy (non-hydrogen) atoms. The van der Waals surface area contributed by atoms with Crippen molar-refractivity contribution in [1.82, 2.24) is 9.88 Å². The van der Waals surface area contributed by atoms with Crippen molar-refractivity contribution in [1.29, 1.82) is 0 Å². The second kappa shape index (κ2) is 7.48. The van der Waals surface area contributed by atoms with E-state index in [2.05, 4.69) is 4.98 Å². The molecular weight excluding hydrogens is 331 g/mol. The first-order chi connectivity index (χ1) is 10.1. The molecule has 1 aliphatic rings. The number of hydrogen-bond donors (Lipinski definition) is 0. The van der Waals surface area contributed by atoms with Gasteiger partial charge in [-0.1, -0.05) is 0 Å². The van der Waals surface area contributed by atoms with Gasteiger partial charge < -0.3 is 14.2 Å². The molecule has 0 N–H and O–H groups in total. The first-order valence-electron chi connectivity index (χ1n) is 6.90. The molecule has 0 aromatic carbocycles. The molecule has 0 saturated carbocycles. The van der Waals surface area contributed by atoms with Gasteiger partial charge in [0.1, 0.15) is 5.60 Å². The number of nitrogens with zero attached hydrogens (tertiary/aromatic N) is 2. The summed E-state index contributed by atoms with van der Waals surface area (Å²) in [5, 5.41) is -1.18. The van der Waals surface area contributed by atoms with Crippen molar-refractivity contribution >= 4 is 16.2 Å². The summed E-state index contributed by atoms with van der Waals surface area (Å²) < 4.78 is 39.8. The van der Waals surface area contributed by atoms with E-state index in [-0.39, 0.29) is 42.6 Å². The quantitative estimate of drug-likeness (QED) is 0.467. The predicted octanol–water partition coefficient (Wildman–Crippen LogP) is -1.67. The minimum atomic E-state index is -4.53. The molecule has 0 radical (unpaired) electrons. The van der Waals surface area contributed by atoms with Gasteiger partial charge in [0, 0.05) is 31.4 Å². The van der Waals surface area contributed by atoms with Gasteiger partial charge in [0.05, 0.1) is 15.4 Å². The van der Waals surface area contributed by atoms with E-state index in [4.69, 9.17) is 4.74 Å². The van der Waals surface area contributed by atoms with Crippen LogP contribution in [0.25, 0.3) is 0 Å². The maximum absolute atomic E-state index is 12.1. The second-order valence-electron chi connectivity index (χ2n) is 6.30. The van der Waals surface area contributed by atoms with Crippen LogP contribution in [0, 0.1) is 0 Å². The topological polar surface area (TPSA) is 99.6 Å². The van der Waals surface area contributed by atoms with Crippen molar-refractivity contribution in [3.05, 3.63) is 30.1 Å². The van der Waals surface area contributed by atoms with Crippen molar-refractivity contribution in [3.8, 4) is 0 Å². The monoisotopic (exact) mass is 350 g/mol. The zero-order valence-corrected chi connectivity index (χ0v) is 16.5. The predicted molar refractivity (Wildman–Crippen MR) is 78.3 cm³/mol. The minimum absolute atomic E-state index is 0. The Bertz CT molecular complexity index is 645. The summed E-state index contributed by atoms with van der Waals surface area (Å²) in [5.74, 6) is -0.571. The third kappa shape index (κ3) is 5.42. The van der Waals surface area contributed by atoms with Crippen molar-refractivity contribution in [2.24, 2.45) is 0 Å². The van der Waals surface area contributed by atoms with Crippen molar-refractivity contribution in [3.63, 3.8) is 0 Å². The largest absolute Gasteiger partial charge is 1.00 e. The molecule has 2 unspecified atom stereocenters. The van der Waals surface area contributed by atoms with Gasteiger partial charge in [-0.2, -0.15) is 0 Å². The Balaban J connectivity index is 0.00000264. The standard InChI is InChI=1S/C14H20N2O5S.Na/c1-14(2,3)21-13(17)16-8-11(10-4-6-15-7-5-10)12(9-16)22(18,19)20;/h4-7,11-12H,8-9H2,1-3H3,(H,18,19,20);/q;+1/p-1. The van der Waals surface area contributed by atoms with Crippen LogP contribution in [0.4, 0.5) is 4.79 Å². The van der Waals surface area contributed by atoms with Crippen molar-refractivity contribution < 1.29 is 52.1 Å². The molecule has 0 bridgehead atoms. The van der Waals surface area contributed by atoms with E-state index in [9.17, 15) is 17.8 Å². The summed E-state index contributed by atoms with van der Waals surface area (Å²) in [6.07, 6.45) is 2.44. The number of amides is 1. The van der Waals surface area contributed by atoms with Crippen LogP contribution in [0.15, 0.2) is 24.5 Å². The van der Waals surface area contributed by atoms with E-state index in [1.54, 1.807) is 32.9 Å². The van der Waals surface area contributed by atoms with Crippen molar-refractivity contribution in [2.45, 2.75) is 37.5 Å². The van der Waals surface area contributed by atoms with Crippen LogP contribution in [0.1, 0.15) is 32.3 Å². The third-order valence-electron chi connectivity index (χ3n) is 3.42. The number of carbonyl (C=O) groups excluding carboxylic acids is 1. The number of aromatic nitrogens is 1. The fourth-order valence-corrected chi connectivity index (χ4v) is 3.48. The molecule has 2 heterocycles. The zero-order valence-electron chi connectivity index (χ0n) is 13.7. The molecule has 2 rings (SSSR count). The maximum atomic E-state index is 12.1. The van der Waals surface area contributed by atoms with Crippen LogP contribution in [0.5, 0.6) is 0 Å². The Morgan fingerprint density at radius 1 is 1.30 bits per heavy atom. The Morgan fingerprint density at radius 2 is 1.87 bits per heavy atom. The van der Waals surface area contributed by atoms with E-state index in [0.717, 1.165) is 0 Å². The third-order valence-corrected chi connectivity index (χ3v) is 4.64. The van der Waals surface area contributed by atoms with E-state index >= 15 is 0 Å². The molecule has 1 saturated heterocycles. The van der Waals surface area contributed by atoms with E-state index in [0.29, 0.717) is 5.56 Å². The van der Waals surface area contributed by atoms with Gasteiger partial charge in [-0.15, -0.1) is 0 Å². The molecule has 7 nitrogen and oxygen atoms in total. The normalized spacial score (nSPS) is 21.7. The fourth-order valence-electron chi connectivity index (χ4n) is 2.47. The van der Waals surface area contributed by atoms with Crippen molar-refractivity contribution in [2.75, 3.05) is 13.1 Å². The summed E-state index contributed by atoms with van der Waals surface area (Å²) in [4.78, 5) is 17.3. The molecule has 0 spiro atoms. The average molecular weight is 350 g/mol. The summed E-state index contributed by atoms with van der Waals surface area (Å²) in [7, 11) is -4.53. The van der Waals surface area contributed by atoms with Crippen LogP contribution in [-0.2, 0) is 14.9 Å². The number of likely N-dealkylation sites (tertiary alicyclic amines) is 1. The second-order valence-corrected chi connectivity index (χ2v) is 7.89. The Hall–Kier alpha value is -0.670. The molecule has 1 amide bonds.